The number of benzene rings is 2. The van der Waals surface area contributed by atoms with Crippen molar-refractivity contribution >= 4 is 16.9 Å². The van der Waals surface area contributed by atoms with Crippen molar-refractivity contribution in [2.45, 2.75) is 33.7 Å². The minimum Gasteiger partial charge on any atom is -0.496 e. The monoisotopic (exact) mass is 365 g/mol. The van der Waals surface area contributed by atoms with Crippen LogP contribution in [0.1, 0.15) is 27.8 Å². The van der Waals surface area contributed by atoms with Crippen LogP contribution >= 0.6 is 0 Å². The summed E-state index contributed by atoms with van der Waals surface area (Å²) in [5.41, 5.74) is 4.16. The fraction of sp³-hybridized carbons (Fsp3) is 0.273. The lowest BCUT2D eigenvalue weighted by Crippen LogP contribution is -2.27. The van der Waals surface area contributed by atoms with Gasteiger partial charge in [0, 0.05) is 6.54 Å². The highest BCUT2D eigenvalue weighted by molar-refractivity contribution is 5.89. The summed E-state index contributed by atoms with van der Waals surface area (Å²) in [5, 5.41) is 3.58. The average molecular weight is 365 g/mol. The van der Waals surface area contributed by atoms with E-state index in [4.69, 9.17) is 9.15 Å². The number of carbonyl (C=O) groups excluding carboxylic acids is 1. The molecule has 0 saturated carbocycles. The molecule has 0 spiro atoms. The molecule has 0 aliphatic carbocycles. The fourth-order valence-corrected chi connectivity index (χ4v) is 3.13. The fourth-order valence-electron chi connectivity index (χ4n) is 3.13. The molecule has 0 unspecified atom stereocenters. The molecule has 1 amide bonds. The number of methoxy groups -OCH3 is 1. The van der Waals surface area contributed by atoms with Crippen LogP contribution in [0.2, 0.25) is 0 Å². The molecule has 0 aliphatic rings. The van der Waals surface area contributed by atoms with Gasteiger partial charge in [-0.15, -0.1) is 0 Å². The van der Waals surface area contributed by atoms with E-state index < -0.39 is 5.63 Å². The van der Waals surface area contributed by atoms with Crippen molar-refractivity contribution in [1.82, 2.24) is 5.32 Å². The summed E-state index contributed by atoms with van der Waals surface area (Å²) in [6, 6.07) is 11.6. The van der Waals surface area contributed by atoms with Crippen molar-refractivity contribution in [1.29, 1.82) is 0 Å². The SMILES string of the molecule is COc1cc(C)cc2oc(=O)c(CC(=O)NCc3ccc(C)cc3)c(C)c12. The van der Waals surface area contributed by atoms with Crippen LogP contribution in [-0.4, -0.2) is 13.0 Å². The number of hydrogen-bond donors (Lipinski definition) is 1. The van der Waals surface area contributed by atoms with Gasteiger partial charge in [-0.1, -0.05) is 29.8 Å². The second kappa shape index (κ2) is 7.66. The first-order valence-corrected chi connectivity index (χ1v) is 8.82. The van der Waals surface area contributed by atoms with Gasteiger partial charge in [-0.05, 0) is 49.6 Å². The van der Waals surface area contributed by atoms with Crippen molar-refractivity contribution in [2.75, 3.05) is 7.11 Å². The van der Waals surface area contributed by atoms with Crippen LogP contribution in [0.15, 0.2) is 45.6 Å². The molecule has 2 aromatic carbocycles. The minimum absolute atomic E-state index is 0.0347. The molecule has 5 heteroatoms. The van der Waals surface area contributed by atoms with E-state index in [1.807, 2.05) is 51.1 Å². The predicted molar refractivity (Wildman–Crippen MR) is 105 cm³/mol. The van der Waals surface area contributed by atoms with Gasteiger partial charge in [-0.2, -0.15) is 0 Å². The normalized spacial score (nSPS) is 10.8. The van der Waals surface area contributed by atoms with Gasteiger partial charge in [-0.25, -0.2) is 4.79 Å². The number of amides is 1. The number of nitrogens with one attached hydrogen (secondary N) is 1. The Balaban J connectivity index is 1.85. The molecule has 0 radical (unpaired) electrons. The summed E-state index contributed by atoms with van der Waals surface area (Å²) in [5.74, 6) is 0.406. The number of carbonyl (C=O) groups is 1. The topological polar surface area (TPSA) is 68.5 Å². The summed E-state index contributed by atoms with van der Waals surface area (Å²) >= 11 is 0. The summed E-state index contributed by atoms with van der Waals surface area (Å²) in [4.78, 5) is 24.8. The first kappa shape index (κ1) is 18.7. The van der Waals surface area contributed by atoms with Gasteiger partial charge in [0.15, 0.2) is 0 Å². The second-order valence-corrected chi connectivity index (χ2v) is 6.77. The molecule has 1 N–H and O–H groups in total. The maximum Gasteiger partial charge on any atom is 0.340 e. The quantitative estimate of drug-likeness (QED) is 0.702. The van der Waals surface area contributed by atoms with Crippen LogP contribution in [-0.2, 0) is 17.8 Å². The molecule has 0 aliphatic heterocycles. The molecule has 0 bridgehead atoms. The van der Waals surface area contributed by atoms with Crippen LogP contribution in [0.3, 0.4) is 0 Å². The van der Waals surface area contributed by atoms with E-state index in [9.17, 15) is 9.59 Å². The van der Waals surface area contributed by atoms with E-state index in [2.05, 4.69) is 5.32 Å². The molecule has 3 aromatic rings. The number of ether oxygens (including phenoxy) is 1. The van der Waals surface area contributed by atoms with E-state index in [0.717, 1.165) is 16.5 Å². The Hall–Kier alpha value is -3.08. The summed E-state index contributed by atoms with van der Waals surface area (Å²) in [7, 11) is 1.58. The molecule has 1 aromatic heterocycles. The molecule has 5 nitrogen and oxygen atoms in total. The summed E-state index contributed by atoms with van der Waals surface area (Å²) < 4.78 is 10.9. The van der Waals surface area contributed by atoms with Crippen LogP contribution in [0.4, 0.5) is 0 Å². The minimum atomic E-state index is -0.488. The molecule has 0 saturated heterocycles. The van der Waals surface area contributed by atoms with Crippen LogP contribution in [0.5, 0.6) is 5.75 Å². The standard InChI is InChI=1S/C22H23NO4/c1-13-5-7-16(8-6-13)12-23-20(24)11-17-15(3)21-18(26-4)9-14(2)10-19(21)27-22(17)25/h5-10H,11-12H2,1-4H3,(H,23,24). The lowest BCUT2D eigenvalue weighted by molar-refractivity contribution is -0.120. The number of aryl methyl sites for hydroxylation is 3. The van der Waals surface area contributed by atoms with Crippen molar-refractivity contribution in [2.24, 2.45) is 0 Å². The third kappa shape index (κ3) is 4.03. The molecule has 1 heterocycles. The van der Waals surface area contributed by atoms with Gasteiger partial charge in [0.05, 0.1) is 24.5 Å². The van der Waals surface area contributed by atoms with Gasteiger partial charge >= 0.3 is 5.63 Å². The predicted octanol–water partition coefficient (Wildman–Crippen LogP) is 3.59. The van der Waals surface area contributed by atoms with Crippen LogP contribution < -0.4 is 15.7 Å². The van der Waals surface area contributed by atoms with Crippen LogP contribution in [0, 0.1) is 20.8 Å². The Morgan fingerprint density at radius 1 is 1.07 bits per heavy atom. The molecule has 27 heavy (non-hydrogen) atoms. The lowest BCUT2D eigenvalue weighted by Gasteiger charge is -2.12. The van der Waals surface area contributed by atoms with Crippen molar-refractivity contribution in [3.05, 3.63) is 74.6 Å². The first-order chi connectivity index (χ1) is 12.9. The molecule has 0 atom stereocenters. The Bertz CT molecular complexity index is 1050. The van der Waals surface area contributed by atoms with Gasteiger partial charge in [-0.3, -0.25) is 4.79 Å². The molecule has 140 valence electrons. The average Bonchev–Trinajstić information content (AvgIpc) is 2.63. The third-order valence-corrected chi connectivity index (χ3v) is 4.65. The number of fused-ring (bicyclic) bond motifs is 1. The van der Waals surface area contributed by atoms with Gasteiger partial charge in [0.2, 0.25) is 5.91 Å². The van der Waals surface area contributed by atoms with Gasteiger partial charge in [0.1, 0.15) is 11.3 Å². The zero-order valence-corrected chi connectivity index (χ0v) is 16.0. The van der Waals surface area contributed by atoms with E-state index in [-0.39, 0.29) is 12.3 Å². The van der Waals surface area contributed by atoms with Crippen molar-refractivity contribution < 1.29 is 13.9 Å². The highest BCUT2D eigenvalue weighted by Crippen LogP contribution is 2.30. The zero-order chi connectivity index (χ0) is 19.6. The number of rotatable bonds is 5. The van der Waals surface area contributed by atoms with E-state index >= 15 is 0 Å². The van der Waals surface area contributed by atoms with E-state index in [0.29, 0.717) is 29.0 Å². The summed E-state index contributed by atoms with van der Waals surface area (Å²) in [6.07, 6.45) is -0.0347. The Labute approximate surface area is 158 Å². The van der Waals surface area contributed by atoms with Crippen molar-refractivity contribution in [3.63, 3.8) is 0 Å². The first-order valence-electron chi connectivity index (χ1n) is 8.82. The van der Waals surface area contributed by atoms with Gasteiger partial charge < -0.3 is 14.5 Å². The second-order valence-electron chi connectivity index (χ2n) is 6.77. The van der Waals surface area contributed by atoms with Crippen molar-refractivity contribution in [3.8, 4) is 5.75 Å². The Morgan fingerprint density at radius 2 is 1.78 bits per heavy atom. The molecule has 0 fully saturated rings. The number of hydrogen-bond acceptors (Lipinski definition) is 4. The molecular formula is C22H23NO4. The largest absolute Gasteiger partial charge is 0.496 e. The third-order valence-electron chi connectivity index (χ3n) is 4.65. The Morgan fingerprint density at radius 3 is 2.44 bits per heavy atom. The van der Waals surface area contributed by atoms with Gasteiger partial charge in [0.25, 0.3) is 0 Å². The summed E-state index contributed by atoms with van der Waals surface area (Å²) in [6.45, 7) is 6.16. The highest BCUT2D eigenvalue weighted by Gasteiger charge is 2.18. The Kier molecular flexibility index (Phi) is 5.31. The maximum absolute atomic E-state index is 12.4. The zero-order valence-electron chi connectivity index (χ0n) is 16.0. The maximum atomic E-state index is 12.4. The van der Waals surface area contributed by atoms with E-state index in [1.54, 1.807) is 13.2 Å². The lowest BCUT2D eigenvalue weighted by atomic mass is 10.0. The van der Waals surface area contributed by atoms with Crippen LogP contribution in [0.25, 0.3) is 11.0 Å². The smallest absolute Gasteiger partial charge is 0.340 e. The molecule has 3 rings (SSSR count). The highest BCUT2D eigenvalue weighted by atomic mass is 16.5. The van der Waals surface area contributed by atoms with E-state index in [1.165, 1.54) is 5.56 Å². The molecular weight excluding hydrogens is 342 g/mol.